The summed E-state index contributed by atoms with van der Waals surface area (Å²) in [6.07, 6.45) is 5.07. The Morgan fingerprint density at radius 2 is 1.66 bits per heavy atom. The monoisotopic (exact) mass is 698 g/mol. The quantitative estimate of drug-likeness (QED) is 0.0654. The number of carbonyl (C=O) groups excluding carboxylic acids is 3. The maximum absolute atomic E-state index is 14.5. The van der Waals surface area contributed by atoms with Crippen LogP contribution in [0.1, 0.15) is 45.5 Å². The molecular formula is C37H32ClFN4O7. The van der Waals surface area contributed by atoms with E-state index in [1.54, 1.807) is 55.6 Å². The largest absolute Gasteiger partial charge is 0.493 e. The number of methoxy groups -OCH3 is 1. The molecule has 0 bridgehead atoms. The van der Waals surface area contributed by atoms with Gasteiger partial charge in [-0.25, -0.2) is 14.4 Å². The summed E-state index contributed by atoms with van der Waals surface area (Å²) in [5.41, 5.74) is 1.99. The molecule has 2 amide bonds. The Labute approximate surface area is 291 Å². The second-order valence-electron chi connectivity index (χ2n) is 11.3. The van der Waals surface area contributed by atoms with Gasteiger partial charge in [0, 0.05) is 23.6 Å². The highest BCUT2D eigenvalue weighted by atomic mass is 35.5. The summed E-state index contributed by atoms with van der Waals surface area (Å²) in [5.74, 6) is -0.871. The molecule has 1 aliphatic heterocycles. The van der Waals surface area contributed by atoms with Crippen LogP contribution >= 0.6 is 11.6 Å². The fourth-order valence-corrected chi connectivity index (χ4v) is 5.60. The van der Waals surface area contributed by atoms with E-state index in [0.29, 0.717) is 53.8 Å². The van der Waals surface area contributed by atoms with E-state index >= 15 is 0 Å². The molecule has 13 heteroatoms. The third kappa shape index (κ3) is 7.82. The predicted octanol–water partition coefficient (Wildman–Crippen LogP) is 7.23. The minimum atomic E-state index is -0.946. The highest BCUT2D eigenvalue weighted by Gasteiger charge is 2.33. The van der Waals surface area contributed by atoms with E-state index in [-0.39, 0.29) is 27.6 Å². The highest BCUT2D eigenvalue weighted by Crippen LogP contribution is 2.36. The van der Waals surface area contributed by atoms with Crippen LogP contribution in [0.5, 0.6) is 23.0 Å². The van der Waals surface area contributed by atoms with Crippen molar-refractivity contribution in [2.24, 2.45) is 0 Å². The number of hydrogen-bond acceptors (Lipinski definition) is 10. The normalized spacial score (nSPS) is 12.4. The number of aryl methyl sites for hydroxylation is 1. The molecule has 4 aromatic carbocycles. The first-order valence-electron chi connectivity index (χ1n) is 15.9. The summed E-state index contributed by atoms with van der Waals surface area (Å²) >= 11 is 5.93. The molecule has 2 N–H and O–H groups in total. The summed E-state index contributed by atoms with van der Waals surface area (Å²) in [6, 6.07) is 20.3. The van der Waals surface area contributed by atoms with E-state index in [9.17, 15) is 18.8 Å². The van der Waals surface area contributed by atoms with Gasteiger partial charge in [0.15, 0.2) is 17.3 Å². The number of halogens is 2. The molecule has 256 valence electrons. The number of fused-ring (bicyclic) bond motifs is 2. The number of ketones is 1. The van der Waals surface area contributed by atoms with Crippen LogP contribution in [-0.4, -0.2) is 54.5 Å². The molecule has 0 atom stereocenters. The molecular weight excluding hydrogens is 667 g/mol. The van der Waals surface area contributed by atoms with Gasteiger partial charge in [-0.05, 0) is 67.3 Å². The van der Waals surface area contributed by atoms with Crippen molar-refractivity contribution >= 4 is 51.6 Å². The Kier molecular flexibility index (Phi) is 10.8. The summed E-state index contributed by atoms with van der Waals surface area (Å²) in [6.45, 7) is 1.26. The number of rotatable bonds is 15. The van der Waals surface area contributed by atoms with E-state index in [0.717, 1.165) is 31.2 Å². The molecule has 0 unspecified atom stereocenters. The molecule has 0 spiro atoms. The lowest BCUT2D eigenvalue weighted by Gasteiger charge is -2.17. The van der Waals surface area contributed by atoms with Crippen molar-refractivity contribution in [1.29, 1.82) is 0 Å². The zero-order valence-corrected chi connectivity index (χ0v) is 27.7. The van der Waals surface area contributed by atoms with Crippen molar-refractivity contribution in [2.75, 3.05) is 32.2 Å². The van der Waals surface area contributed by atoms with E-state index in [2.05, 4.69) is 15.3 Å². The molecule has 50 heavy (non-hydrogen) atoms. The number of hydrogen-bond donors (Lipinski definition) is 2. The van der Waals surface area contributed by atoms with Crippen LogP contribution in [-0.2, 0) is 16.0 Å². The topological polar surface area (TPSA) is 138 Å². The Balaban J connectivity index is 0.929. The number of benzene rings is 4. The minimum absolute atomic E-state index is 0.000129. The number of ether oxygens (including phenoxy) is 4. The van der Waals surface area contributed by atoms with E-state index < -0.39 is 23.4 Å². The van der Waals surface area contributed by atoms with Crippen molar-refractivity contribution in [1.82, 2.24) is 15.3 Å². The van der Waals surface area contributed by atoms with Crippen molar-refractivity contribution in [2.45, 2.75) is 25.7 Å². The molecule has 11 nitrogen and oxygen atoms in total. The van der Waals surface area contributed by atoms with Gasteiger partial charge >= 0.3 is 0 Å². The number of carbonyl (C=O) groups is 3. The van der Waals surface area contributed by atoms with Crippen molar-refractivity contribution in [3.05, 3.63) is 107 Å². The van der Waals surface area contributed by atoms with Gasteiger partial charge in [0.05, 0.1) is 35.5 Å². The predicted molar refractivity (Wildman–Crippen MR) is 184 cm³/mol. The smallest absolute Gasteiger partial charge is 0.299 e. The lowest BCUT2D eigenvalue weighted by molar-refractivity contribution is -0.116. The molecule has 5 aromatic rings. The van der Waals surface area contributed by atoms with Gasteiger partial charge in [-0.3, -0.25) is 19.7 Å². The van der Waals surface area contributed by atoms with E-state index in [4.69, 9.17) is 30.5 Å². The summed E-state index contributed by atoms with van der Waals surface area (Å²) < 4.78 is 37.7. The molecule has 0 saturated carbocycles. The third-order valence-corrected chi connectivity index (χ3v) is 8.24. The van der Waals surface area contributed by atoms with Crippen molar-refractivity contribution < 1.29 is 37.7 Å². The Morgan fingerprint density at radius 1 is 0.840 bits per heavy atom. The molecule has 0 radical (unpaired) electrons. The van der Waals surface area contributed by atoms with E-state index in [1.807, 2.05) is 17.4 Å². The second kappa shape index (κ2) is 15.7. The Morgan fingerprint density at radius 3 is 2.48 bits per heavy atom. The number of imide groups is 1. The second-order valence-corrected chi connectivity index (χ2v) is 11.7. The van der Waals surface area contributed by atoms with Gasteiger partial charge in [-0.1, -0.05) is 42.3 Å². The molecule has 1 aromatic heterocycles. The van der Waals surface area contributed by atoms with Crippen LogP contribution in [0.4, 0.5) is 15.9 Å². The lowest BCUT2D eigenvalue weighted by Crippen LogP contribution is -2.42. The van der Waals surface area contributed by atoms with E-state index in [1.165, 1.54) is 18.5 Å². The minimum Gasteiger partial charge on any atom is -0.493 e. The van der Waals surface area contributed by atoms with Crippen LogP contribution in [0.15, 0.2) is 79.1 Å². The first-order chi connectivity index (χ1) is 24.3. The third-order valence-electron chi connectivity index (χ3n) is 7.95. The Hall–Kier alpha value is -5.59. The Bertz CT molecular complexity index is 2060. The van der Waals surface area contributed by atoms with Gasteiger partial charge in [0.25, 0.3) is 17.6 Å². The fraction of sp³-hybridized carbons (Fsp3) is 0.216. The van der Waals surface area contributed by atoms with Crippen molar-refractivity contribution in [3.63, 3.8) is 0 Å². The van der Waals surface area contributed by atoms with Crippen LogP contribution < -0.4 is 24.8 Å². The van der Waals surface area contributed by atoms with Crippen LogP contribution in [0, 0.1) is 5.82 Å². The molecule has 0 aliphatic carbocycles. The summed E-state index contributed by atoms with van der Waals surface area (Å²) in [4.78, 5) is 44.8. The zero-order valence-electron chi connectivity index (χ0n) is 27.0. The molecule has 6 rings (SSSR count). The average Bonchev–Trinajstić information content (AvgIpc) is 3.12. The first-order valence-corrected chi connectivity index (χ1v) is 16.2. The maximum Gasteiger partial charge on any atom is 0.299 e. The molecule has 2 heterocycles. The van der Waals surface area contributed by atoms with Gasteiger partial charge < -0.3 is 24.3 Å². The number of aromatic nitrogens is 2. The van der Waals surface area contributed by atoms with Crippen LogP contribution in [0.25, 0.3) is 10.9 Å². The van der Waals surface area contributed by atoms with Gasteiger partial charge in [0.1, 0.15) is 30.3 Å². The molecule has 0 saturated heterocycles. The number of Topliss-reactive ketones (excluding diaryl/α,β-unsaturated/α-hetero) is 1. The average molecular weight is 699 g/mol. The zero-order chi connectivity index (χ0) is 35.0. The van der Waals surface area contributed by atoms with Crippen LogP contribution in [0.3, 0.4) is 0 Å². The fourth-order valence-electron chi connectivity index (χ4n) is 5.42. The maximum atomic E-state index is 14.5. The van der Waals surface area contributed by atoms with Gasteiger partial charge in [0.2, 0.25) is 0 Å². The summed E-state index contributed by atoms with van der Waals surface area (Å²) in [7, 11) is 1.54. The number of nitrogens with one attached hydrogen (secondary N) is 2. The van der Waals surface area contributed by atoms with Crippen LogP contribution in [0.2, 0.25) is 5.02 Å². The summed E-state index contributed by atoms with van der Waals surface area (Å²) in [5, 5.41) is 5.66. The molecule has 0 fully saturated rings. The SMILES string of the molecule is COc1cc2ncnc(Nc3cccc(Cl)c3F)c2cc1OCCOCCCCCc1ccc(Oc2cccc3c2C(=O)NC(=O)C3=O)cc1. The number of amides is 2. The molecule has 1 aliphatic rings. The van der Waals surface area contributed by atoms with Gasteiger partial charge in [-0.15, -0.1) is 0 Å². The number of unbranched alkanes of at least 4 members (excludes halogenated alkanes) is 2. The standard InChI is InChI=1S/C37H32ClFN4O7/c1-47-30-20-28-25(35(41-21-40-28)42-27-10-6-9-26(38)33(27)39)19-31(30)49-18-17-48-16-4-2-3-7-22-12-14-23(15-13-22)50-29-11-5-8-24-32(29)36(45)43-37(46)34(24)44/h5-6,8-15,19-21H,2-4,7,16-18H2,1H3,(H,40,41,42)(H,43,45,46). The van der Waals surface area contributed by atoms with Crippen molar-refractivity contribution in [3.8, 4) is 23.0 Å². The lowest BCUT2D eigenvalue weighted by atomic mass is 9.98. The van der Waals surface area contributed by atoms with Gasteiger partial charge in [-0.2, -0.15) is 0 Å². The first kappa shape index (κ1) is 34.3. The number of nitrogens with zero attached hydrogens (tertiary/aromatic N) is 2. The number of anilines is 2. The highest BCUT2D eigenvalue weighted by molar-refractivity contribution is 6.49.